The molecule has 5 nitrogen and oxygen atoms in total. The topological polar surface area (TPSA) is 52.7 Å². The van der Waals surface area contributed by atoms with Crippen molar-refractivity contribution in [1.82, 2.24) is 15.1 Å². The van der Waals surface area contributed by atoms with Gasteiger partial charge in [-0.3, -0.25) is 9.59 Å². The first-order valence-corrected chi connectivity index (χ1v) is 6.77. The second-order valence-corrected chi connectivity index (χ2v) is 5.32. The minimum atomic E-state index is -0.347. The van der Waals surface area contributed by atoms with Gasteiger partial charge in [-0.1, -0.05) is 24.3 Å². The molecule has 0 aromatic heterocycles. The Labute approximate surface area is 119 Å². The van der Waals surface area contributed by atoms with Crippen LogP contribution in [0.25, 0.3) is 0 Å². The van der Waals surface area contributed by atoms with Crippen molar-refractivity contribution in [2.75, 3.05) is 34.2 Å². The maximum atomic E-state index is 12.5. The van der Waals surface area contributed by atoms with Gasteiger partial charge < -0.3 is 15.1 Å². The van der Waals surface area contributed by atoms with Crippen molar-refractivity contribution in [3.8, 4) is 0 Å². The molecule has 0 saturated carbocycles. The highest BCUT2D eigenvalue weighted by Gasteiger charge is 2.28. The fraction of sp³-hybridized carbons (Fsp3) is 0.467. The molecule has 1 N–H and O–H groups in total. The number of rotatable bonds is 3. The highest BCUT2D eigenvalue weighted by Crippen LogP contribution is 2.23. The predicted octanol–water partition coefficient (Wildman–Crippen LogP) is 0.420. The van der Waals surface area contributed by atoms with Crippen LogP contribution in [0.1, 0.15) is 17.2 Å². The van der Waals surface area contributed by atoms with Gasteiger partial charge in [0.15, 0.2) is 0 Å². The van der Waals surface area contributed by atoms with Gasteiger partial charge in [-0.25, -0.2) is 0 Å². The molecule has 1 unspecified atom stereocenters. The molecule has 0 spiro atoms. The van der Waals surface area contributed by atoms with Crippen molar-refractivity contribution in [3.63, 3.8) is 0 Å². The first-order chi connectivity index (χ1) is 9.50. The first kappa shape index (κ1) is 14.5. The van der Waals surface area contributed by atoms with E-state index in [-0.39, 0.29) is 24.4 Å². The number of amides is 2. The lowest BCUT2D eigenvalue weighted by atomic mass is 9.93. The molecule has 0 radical (unpaired) electrons. The molecule has 2 rings (SSSR count). The molecular weight excluding hydrogens is 254 g/mol. The van der Waals surface area contributed by atoms with E-state index < -0.39 is 0 Å². The summed E-state index contributed by atoms with van der Waals surface area (Å²) in [5.41, 5.74) is 2.23. The van der Waals surface area contributed by atoms with Crippen LogP contribution in [0.5, 0.6) is 0 Å². The highest BCUT2D eigenvalue weighted by molar-refractivity contribution is 5.88. The highest BCUT2D eigenvalue weighted by atomic mass is 16.2. The molecule has 108 valence electrons. The van der Waals surface area contributed by atoms with Crippen LogP contribution in [0.3, 0.4) is 0 Å². The molecule has 1 aromatic rings. The van der Waals surface area contributed by atoms with Crippen molar-refractivity contribution in [2.45, 2.75) is 12.5 Å². The molecule has 5 heteroatoms. The van der Waals surface area contributed by atoms with E-state index in [1.165, 1.54) is 15.4 Å². The van der Waals surface area contributed by atoms with Crippen LogP contribution in [0, 0.1) is 0 Å². The monoisotopic (exact) mass is 275 g/mol. The summed E-state index contributed by atoms with van der Waals surface area (Å²) in [6, 6.07) is 7.62. The first-order valence-electron chi connectivity index (χ1n) is 6.77. The van der Waals surface area contributed by atoms with Gasteiger partial charge in [0.05, 0.1) is 6.54 Å². The Morgan fingerprint density at radius 1 is 1.25 bits per heavy atom. The van der Waals surface area contributed by atoms with Crippen LogP contribution >= 0.6 is 0 Å². The number of likely N-dealkylation sites (N-methyl/N-ethyl adjacent to an activating group) is 2. The SMILES string of the molecule is CN(C)C(=O)CN(C)C(=O)C1NCCc2ccccc21. The zero-order chi connectivity index (χ0) is 14.7. The number of hydrogen-bond acceptors (Lipinski definition) is 3. The quantitative estimate of drug-likeness (QED) is 0.870. The largest absolute Gasteiger partial charge is 0.347 e. The predicted molar refractivity (Wildman–Crippen MR) is 77.2 cm³/mol. The molecule has 1 aromatic carbocycles. The van der Waals surface area contributed by atoms with Gasteiger partial charge in [-0.05, 0) is 17.5 Å². The van der Waals surface area contributed by atoms with E-state index in [0.29, 0.717) is 0 Å². The second kappa shape index (κ2) is 6.05. The lowest BCUT2D eigenvalue weighted by Crippen LogP contribution is -2.45. The van der Waals surface area contributed by atoms with Gasteiger partial charge in [-0.2, -0.15) is 0 Å². The third-order valence-electron chi connectivity index (χ3n) is 3.60. The molecule has 0 aliphatic carbocycles. The number of carbonyl (C=O) groups excluding carboxylic acids is 2. The number of nitrogens with one attached hydrogen (secondary N) is 1. The van der Waals surface area contributed by atoms with Crippen LogP contribution in [-0.2, 0) is 16.0 Å². The van der Waals surface area contributed by atoms with E-state index in [4.69, 9.17) is 0 Å². The van der Waals surface area contributed by atoms with Crippen molar-refractivity contribution in [2.24, 2.45) is 0 Å². The molecule has 2 amide bonds. The van der Waals surface area contributed by atoms with Crippen molar-refractivity contribution >= 4 is 11.8 Å². The van der Waals surface area contributed by atoms with Crippen molar-refractivity contribution in [3.05, 3.63) is 35.4 Å². The minimum absolute atomic E-state index is 0.0626. The van der Waals surface area contributed by atoms with Gasteiger partial charge in [-0.15, -0.1) is 0 Å². The standard InChI is InChI=1S/C15H21N3O2/c1-17(2)13(19)10-18(3)15(20)14-12-7-5-4-6-11(12)8-9-16-14/h4-7,14,16H,8-10H2,1-3H3. The summed E-state index contributed by atoms with van der Waals surface area (Å²) in [6.07, 6.45) is 0.931. The van der Waals surface area contributed by atoms with Crippen molar-refractivity contribution in [1.29, 1.82) is 0 Å². The van der Waals surface area contributed by atoms with Gasteiger partial charge in [0, 0.05) is 27.7 Å². The Hall–Kier alpha value is -1.88. The number of nitrogens with zero attached hydrogens (tertiary/aromatic N) is 2. The third-order valence-corrected chi connectivity index (χ3v) is 3.60. The van der Waals surface area contributed by atoms with Crippen molar-refractivity contribution < 1.29 is 9.59 Å². The molecule has 20 heavy (non-hydrogen) atoms. The third kappa shape index (κ3) is 2.99. The maximum absolute atomic E-state index is 12.5. The fourth-order valence-electron chi connectivity index (χ4n) is 2.37. The molecular formula is C15H21N3O2. The Bertz CT molecular complexity index is 514. The lowest BCUT2D eigenvalue weighted by Gasteiger charge is -2.29. The molecule has 1 heterocycles. The summed E-state index contributed by atoms with van der Waals surface area (Å²) in [7, 11) is 5.05. The zero-order valence-corrected chi connectivity index (χ0v) is 12.2. The molecule has 1 atom stereocenters. The van der Waals surface area contributed by atoms with Gasteiger partial charge in [0.25, 0.3) is 0 Å². The summed E-state index contributed by atoms with van der Waals surface area (Å²) in [4.78, 5) is 27.2. The van der Waals surface area contributed by atoms with Crippen LogP contribution in [0.2, 0.25) is 0 Å². The van der Waals surface area contributed by atoms with Crippen LogP contribution in [-0.4, -0.2) is 55.8 Å². The van der Waals surface area contributed by atoms with Gasteiger partial charge >= 0.3 is 0 Å². The molecule has 0 fully saturated rings. The van der Waals surface area contributed by atoms with Crippen LogP contribution in [0.4, 0.5) is 0 Å². The average molecular weight is 275 g/mol. The number of hydrogen-bond donors (Lipinski definition) is 1. The molecule has 0 saturated heterocycles. The average Bonchev–Trinajstić information content (AvgIpc) is 2.45. The summed E-state index contributed by atoms with van der Waals surface area (Å²) in [5.74, 6) is -0.141. The second-order valence-electron chi connectivity index (χ2n) is 5.32. The van der Waals surface area contributed by atoms with Crippen LogP contribution in [0.15, 0.2) is 24.3 Å². The fourth-order valence-corrected chi connectivity index (χ4v) is 2.37. The number of carbonyl (C=O) groups is 2. The van der Waals surface area contributed by atoms with Crippen LogP contribution < -0.4 is 5.32 Å². The summed E-state index contributed by atoms with van der Waals surface area (Å²) in [6.45, 7) is 0.884. The molecule has 1 aliphatic rings. The lowest BCUT2D eigenvalue weighted by molar-refractivity contribution is -0.139. The Kier molecular flexibility index (Phi) is 4.39. The van der Waals surface area contributed by atoms with E-state index in [0.717, 1.165) is 18.5 Å². The smallest absolute Gasteiger partial charge is 0.244 e. The van der Waals surface area contributed by atoms with E-state index in [2.05, 4.69) is 11.4 Å². The Morgan fingerprint density at radius 2 is 1.95 bits per heavy atom. The summed E-state index contributed by atoms with van der Waals surface area (Å²) in [5, 5.41) is 3.24. The Morgan fingerprint density at radius 3 is 2.65 bits per heavy atom. The number of benzene rings is 1. The van der Waals surface area contributed by atoms with E-state index in [1.807, 2.05) is 18.2 Å². The summed E-state index contributed by atoms with van der Waals surface area (Å²) < 4.78 is 0. The van der Waals surface area contributed by atoms with E-state index in [1.54, 1.807) is 21.1 Å². The van der Waals surface area contributed by atoms with Gasteiger partial charge in [0.1, 0.15) is 6.04 Å². The Balaban J connectivity index is 2.12. The molecule has 0 bridgehead atoms. The zero-order valence-electron chi connectivity index (χ0n) is 12.2. The van der Waals surface area contributed by atoms with E-state index in [9.17, 15) is 9.59 Å². The number of fused-ring (bicyclic) bond motifs is 1. The molecule has 1 aliphatic heterocycles. The maximum Gasteiger partial charge on any atom is 0.244 e. The summed E-state index contributed by atoms with van der Waals surface area (Å²) >= 11 is 0. The van der Waals surface area contributed by atoms with E-state index >= 15 is 0 Å². The normalized spacial score (nSPS) is 17.2. The van der Waals surface area contributed by atoms with Gasteiger partial charge in [0.2, 0.25) is 11.8 Å². The minimum Gasteiger partial charge on any atom is -0.347 e.